The van der Waals surface area contributed by atoms with E-state index in [-0.39, 0.29) is 0 Å². The number of unbranched alkanes of at least 4 members (excludes halogenated alkanes) is 5. The Morgan fingerprint density at radius 2 is 0.968 bits per heavy atom. The van der Waals surface area contributed by atoms with Gasteiger partial charge in [-0.15, -0.1) is 0 Å². The summed E-state index contributed by atoms with van der Waals surface area (Å²) < 4.78 is 12.6. The molecule has 31 heavy (non-hydrogen) atoms. The van der Waals surface area contributed by atoms with Gasteiger partial charge in [-0.3, -0.25) is 0 Å². The molecule has 0 aliphatic heterocycles. The van der Waals surface area contributed by atoms with E-state index in [0.29, 0.717) is 13.2 Å². The van der Waals surface area contributed by atoms with E-state index in [1.807, 2.05) is 18.2 Å². The van der Waals surface area contributed by atoms with Crippen LogP contribution >= 0.6 is 0 Å². The molecule has 0 radical (unpaired) electrons. The van der Waals surface area contributed by atoms with Crippen LogP contribution in [0.25, 0.3) is 0 Å². The molecule has 0 fully saturated rings. The van der Waals surface area contributed by atoms with Gasteiger partial charge in [-0.25, -0.2) is 0 Å². The Labute approximate surface area is 188 Å². The van der Waals surface area contributed by atoms with E-state index in [1.54, 1.807) is 0 Å². The van der Waals surface area contributed by atoms with Crippen molar-refractivity contribution in [2.24, 2.45) is 0 Å². The molecule has 0 heterocycles. The van der Waals surface area contributed by atoms with E-state index in [1.165, 1.54) is 32.1 Å². The minimum Gasteiger partial charge on any atom is -0.379 e. The maximum Gasteiger partial charge on any atom is 0.143 e. The molecule has 0 N–H and O–H groups in total. The van der Waals surface area contributed by atoms with Crippen molar-refractivity contribution >= 4 is 0 Å². The molecule has 0 aliphatic carbocycles. The summed E-state index contributed by atoms with van der Waals surface area (Å²) in [5, 5.41) is 0. The monoisotopic (exact) mass is 416 g/mol. The summed E-state index contributed by atoms with van der Waals surface area (Å²) in [4.78, 5) is 0. The third-order valence-electron chi connectivity index (χ3n) is 5.73. The van der Waals surface area contributed by atoms with Gasteiger partial charge in [0, 0.05) is 6.61 Å². The van der Waals surface area contributed by atoms with Crippen LogP contribution in [0.3, 0.4) is 0 Å². The lowest BCUT2D eigenvalue weighted by Crippen LogP contribution is -2.34. The average Bonchev–Trinajstić information content (AvgIpc) is 2.84. The molecule has 2 heteroatoms. The van der Waals surface area contributed by atoms with E-state index < -0.39 is 5.60 Å². The van der Waals surface area contributed by atoms with Gasteiger partial charge in [-0.05, 0) is 23.1 Å². The molecule has 0 aromatic heterocycles. The third-order valence-corrected chi connectivity index (χ3v) is 5.73. The van der Waals surface area contributed by atoms with Crippen LogP contribution in [0.5, 0.6) is 0 Å². The topological polar surface area (TPSA) is 18.5 Å². The Kier molecular flexibility index (Phi) is 9.82. The van der Waals surface area contributed by atoms with Crippen molar-refractivity contribution in [1.29, 1.82) is 0 Å². The SMILES string of the molecule is CCCCCCCCOCCOC(c1ccccc1)(c1ccccc1)c1ccccc1. The smallest absolute Gasteiger partial charge is 0.143 e. The lowest BCUT2D eigenvalue weighted by atomic mass is 9.80. The summed E-state index contributed by atoms with van der Waals surface area (Å²) in [6, 6.07) is 31.5. The second-order valence-electron chi connectivity index (χ2n) is 8.01. The summed E-state index contributed by atoms with van der Waals surface area (Å²) in [6.45, 7) is 4.20. The predicted molar refractivity (Wildman–Crippen MR) is 129 cm³/mol. The zero-order valence-corrected chi connectivity index (χ0v) is 18.8. The van der Waals surface area contributed by atoms with E-state index >= 15 is 0 Å². The van der Waals surface area contributed by atoms with Gasteiger partial charge in [0.05, 0.1) is 13.2 Å². The van der Waals surface area contributed by atoms with Gasteiger partial charge in [-0.2, -0.15) is 0 Å². The fourth-order valence-corrected chi connectivity index (χ4v) is 4.11. The summed E-state index contributed by atoms with van der Waals surface area (Å²) in [5.74, 6) is 0. The van der Waals surface area contributed by atoms with Gasteiger partial charge in [0.2, 0.25) is 0 Å². The summed E-state index contributed by atoms with van der Waals surface area (Å²) in [7, 11) is 0. The summed E-state index contributed by atoms with van der Waals surface area (Å²) in [6.07, 6.45) is 7.67. The average molecular weight is 417 g/mol. The first-order valence-corrected chi connectivity index (χ1v) is 11.8. The Balaban J connectivity index is 1.70. The summed E-state index contributed by atoms with van der Waals surface area (Å²) in [5.41, 5.74) is 2.72. The van der Waals surface area contributed by atoms with Crippen molar-refractivity contribution in [2.75, 3.05) is 19.8 Å². The van der Waals surface area contributed by atoms with Crippen LogP contribution in [0.1, 0.15) is 62.1 Å². The van der Waals surface area contributed by atoms with Crippen LogP contribution in [0, 0.1) is 0 Å². The molecule has 0 spiro atoms. The van der Waals surface area contributed by atoms with Crippen molar-refractivity contribution in [3.05, 3.63) is 108 Å². The van der Waals surface area contributed by atoms with Crippen LogP contribution in [-0.4, -0.2) is 19.8 Å². The Morgan fingerprint density at radius 1 is 0.516 bits per heavy atom. The molecule has 0 saturated heterocycles. The van der Waals surface area contributed by atoms with Crippen molar-refractivity contribution in [3.63, 3.8) is 0 Å². The highest BCUT2D eigenvalue weighted by Gasteiger charge is 2.37. The van der Waals surface area contributed by atoms with Gasteiger partial charge < -0.3 is 9.47 Å². The van der Waals surface area contributed by atoms with Gasteiger partial charge >= 0.3 is 0 Å². The zero-order chi connectivity index (χ0) is 21.6. The van der Waals surface area contributed by atoms with Crippen molar-refractivity contribution in [1.82, 2.24) is 0 Å². The highest BCUT2D eigenvalue weighted by atomic mass is 16.5. The molecular weight excluding hydrogens is 380 g/mol. The molecule has 0 amide bonds. The fraction of sp³-hybridized carbons (Fsp3) is 0.379. The minimum absolute atomic E-state index is 0.536. The number of rotatable bonds is 14. The van der Waals surface area contributed by atoms with Gasteiger partial charge in [0.1, 0.15) is 5.60 Å². The minimum atomic E-state index is -0.659. The van der Waals surface area contributed by atoms with Crippen LogP contribution in [-0.2, 0) is 15.1 Å². The molecule has 0 unspecified atom stereocenters. The molecule has 3 rings (SSSR count). The van der Waals surface area contributed by atoms with Gasteiger partial charge in [-0.1, -0.05) is 130 Å². The second-order valence-corrected chi connectivity index (χ2v) is 8.01. The number of hydrogen-bond acceptors (Lipinski definition) is 2. The maximum atomic E-state index is 6.72. The number of benzene rings is 3. The van der Waals surface area contributed by atoms with Crippen molar-refractivity contribution in [3.8, 4) is 0 Å². The van der Waals surface area contributed by atoms with Crippen LogP contribution in [0.2, 0.25) is 0 Å². The van der Waals surface area contributed by atoms with E-state index in [4.69, 9.17) is 9.47 Å². The first-order chi connectivity index (χ1) is 15.4. The number of hydrogen-bond donors (Lipinski definition) is 0. The molecule has 164 valence electrons. The Morgan fingerprint density at radius 3 is 1.45 bits per heavy atom. The normalized spacial score (nSPS) is 11.5. The molecule has 3 aromatic rings. The largest absolute Gasteiger partial charge is 0.379 e. The first-order valence-electron chi connectivity index (χ1n) is 11.8. The van der Waals surface area contributed by atoms with E-state index in [2.05, 4.69) is 79.7 Å². The number of ether oxygens (including phenoxy) is 2. The lowest BCUT2D eigenvalue weighted by Gasteiger charge is -2.36. The van der Waals surface area contributed by atoms with Crippen molar-refractivity contribution < 1.29 is 9.47 Å². The van der Waals surface area contributed by atoms with E-state index in [0.717, 1.165) is 29.7 Å². The molecule has 0 saturated carbocycles. The maximum absolute atomic E-state index is 6.72. The second kappa shape index (κ2) is 13.1. The molecule has 0 aliphatic rings. The molecule has 0 bridgehead atoms. The van der Waals surface area contributed by atoms with Gasteiger partial charge in [0.25, 0.3) is 0 Å². The van der Waals surface area contributed by atoms with E-state index in [9.17, 15) is 0 Å². The quantitative estimate of drug-likeness (QED) is 0.202. The Bertz CT molecular complexity index is 734. The van der Waals surface area contributed by atoms with Crippen LogP contribution in [0.4, 0.5) is 0 Å². The predicted octanol–water partition coefficient (Wildman–Crippen LogP) is 7.37. The van der Waals surface area contributed by atoms with Gasteiger partial charge in [0.15, 0.2) is 0 Å². The molecule has 2 nitrogen and oxygen atoms in total. The molecule has 0 atom stereocenters. The van der Waals surface area contributed by atoms with Crippen molar-refractivity contribution in [2.45, 2.75) is 51.0 Å². The van der Waals surface area contributed by atoms with Crippen LogP contribution < -0.4 is 0 Å². The molecule has 3 aromatic carbocycles. The third kappa shape index (κ3) is 6.53. The summed E-state index contributed by atoms with van der Waals surface area (Å²) >= 11 is 0. The Hall–Kier alpha value is -2.42. The molecular formula is C29H36O2. The zero-order valence-electron chi connectivity index (χ0n) is 18.8. The fourth-order valence-electron chi connectivity index (χ4n) is 4.11. The lowest BCUT2D eigenvalue weighted by molar-refractivity contribution is -0.0242. The van der Waals surface area contributed by atoms with Crippen LogP contribution in [0.15, 0.2) is 91.0 Å². The highest BCUT2D eigenvalue weighted by molar-refractivity contribution is 5.47. The standard InChI is InChI=1S/C29H36O2/c1-2-3-4-5-6-16-23-30-24-25-31-29(26-17-10-7-11-18-26,27-19-12-8-13-20-27)28-21-14-9-15-22-28/h7-15,17-22H,2-6,16,23-25H2,1H3. The first kappa shape index (κ1) is 23.2. The highest BCUT2D eigenvalue weighted by Crippen LogP contribution is 2.40.